The average Bonchev–Trinajstić information content (AvgIpc) is 3.43. The van der Waals surface area contributed by atoms with Crippen LogP contribution in [0.4, 0.5) is 10.1 Å². The standard InChI is InChI=1S/C21H14FN5O2S2/c22-16-7-1-2-9-19(16)31(28,29)26-15-6-3-5-14(13-15)17-10-11-20-23-24-21(27(20)25-17)18-8-4-12-30-18/h1-13,26H. The summed E-state index contributed by atoms with van der Waals surface area (Å²) in [5.74, 6) is -0.185. The highest BCUT2D eigenvalue weighted by molar-refractivity contribution is 7.92. The Morgan fingerprint density at radius 1 is 0.935 bits per heavy atom. The molecule has 0 fully saturated rings. The van der Waals surface area contributed by atoms with Gasteiger partial charge in [-0.15, -0.1) is 21.5 Å². The molecule has 3 heterocycles. The molecular weight excluding hydrogens is 437 g/mol. The largest absolute Gasteiger partial charge is 0.280 e. The van der Waals surface area contributed by atoms with Crippen LogP contribution < -0.4 is 4.72 Å². The SMILES string of the molecule is O=S(=O)(Nc1cccc(-c2ccc3nnc(-c4cccs4)n3n2)c1)c1ccccc1F. The predicted molar refractivity (Wildman–Crippen MR) is 117 cm³/mol. The summed E-state index contributed by atoms with van der Waals surface area (Å²) in [5, 5.41) is 14.9. The molecule has 5 rings (SSSR count). The van der Waals surface area contributed by atoms with Crippen molar-refractivity contribution in [2.75, 3.05) is 4.72 Å². The monoisotopic (exact) mass is 451 g/mol. The zero-order valence-electron chi connectivity index (χ0n) is 15.8. The van der Waals surface area contributed by atoms with E-state index in [2.05, 4.69) is 20.0 Å². The molecule has 7 nitrogen and oxygen atoms in total. The summed E-state index contributed by atoms with van der Waals surface area (Å²) < 4.78 is 43.2. The van der Waals surface area contributed by atoms with Crippen molar-refractivity contribution < 1.29 is 12.8 Å². The van der Waals surface area contributed by atoms with E-state index < -0.39 is 20.7 Å². The first-order valence-corrected chi connectivity index (χ1v) is 11.5. The maximum Gasteiger partial charge on any atom is 0.264 e. The Balaban J connectivity index is 1.51. The van der Waals surface area contributed by atoms with Crippen LogP contribution in [0.1, 0.15) is 0 Å². The molecule has 1 N–H and O–H groups in total. The topological polar surface area (TPSA) is 89.2 Å². The van der Waals surface area contributed by atoms with E-state index in [0.717, 1.165) is 10.9 Å². The third-order valence-electron chi connectivity index (χ3n) is 4.54. The third kappa shape index (κ3) is 3.66. The maximum atomic E-state index is 14.0. The fourth-order valence-electron chi connectivity index (χ4n) is 3.12. The zero-order valence-corrected chi connectivity index (χ0v) is 17.4. The molecule has 3 aromatic heterocycles. The number of aromatic nitrogens is 4. The van der Waals surface area contributed by atoms with Gasteiger partial charge in [-0.2, -0.15) is 9.61 Å². The van der Waals surface area contributed by atoms with Crippen LogP contribution in [0, 0.1) is 5.82 Å². The van der Waals surface area contributed by atoms with Crippen molar-refractivity contribution in [3.8, 4) is 22.0 Å². The molecule has 10 heteroatoms. The number of hydrogen-bond acceptors (Lipinski definition) is 6. The molecule has 0 radical (unpaired) electrons. The lowest BCUT2D eigenvalue weighted by Crippen LogP contribution is -2.14. The van der Waals surface area contributed by atoms with Gasteiger partial charge in [-0.25, -0.2) is 12.8 Å². The van der Waals surface area contributed by atoms with Crippen LogP contribution in [-0.4, -0.2) is 28.2 Å². The Hall–Kier alpha value is -3.63. The Morgan fingerprint density at radius 3 is 2.61 bits per heavy atom. The number of benzene rings is 2. The Labute approximate surface area is 180 Å². The summed E-state index contributed by atoms with van der Waals surface area (Å²) in [6, 6.07) is 19.4. The molecule has 0 unspecified atom stereocenters. The molecular formula is C21H14FN5O2S2. The molecule has 0 atom stereocenters. The van der Waals surface area contributed by atoms with E-state index in [1.54, 1.807) is 34.8 Å². The summed E-state index contributed by atoms with van der Waals surface area (Å²) >= 11 is 1.53. The van der Waals surface area contributed by atoms with Crippen molar-refractivity contribution in [3.63, 3.8) is 0 Å². The zero-order chi connectivity index (χ0) is 21.4. The first-order chi connectivity index (χ1) is 15.0. The summed E-state index contributed by atoms with van der Waals surface area (Å²) in [6.45, 7) is 0. The molecule has 5 aromatic rings. The predicted octanol–water partition coefficient (Wildman–Crippen LogP) is 4.46. The third-order valence-corrected chi connectivity index (χ3v) is 6.82. The second kappa shape index (κ2) is 7.56. The summed E-state index contributed by atoms with van der Waals surface area (Å²) in [5.41, 5.74) is 2.19. The number of rotatable bonds is 5. The minimum Gasteiger partial charge on any atom is -0.280 e. The minimum atomic E-state index is -4.07. The van der Waals surface area contributed by atoms with Crippen LogP contribution >= 0.6 is 11.3 Å². The quantitative estimate of drug-likeness (QED) is 0.426. The van der Waals surface area contributed by atoms with Crippen molar-refractivity contribution in [1.82, 2.24) is 19.8 Å². The Morgan fingerprint density at radius 2 is 1.81 bits per heavy atom. The fraction of sp³-hybridized carbons (Fsp3) is 0. The van der Waals surface area contributed by atoms with Gasteiger partial charge in [-0.05, 0) is 47.8 Å². The number of hydrogen-bond donors (Lipinski definition) is 1. The van der Waals surface area contributed by atoms with Crippen molar-refractivity contribution in [3.05, 3.63) is 84.0 Å². The highest BCUT2D eigenvalue weighted by atomic mass is 32.2. The number of fused-ring (bicyclic) bond motifs is 1. The number of nitrogens with one attached hydrogen (secondary N) is 1. The highest BCUT2D eigenvalue weighted by Crippen LogP contribution is 2.26. The van der Waals surface area contributed by atoms with Gasteiger partial charge in [0.05, 0.1) is 10.6 Å². The van der Waals surface area contributed by atoms with Gasteiger partial charge in [-0.3, -0.25) is 4.72 Å². The summed E-state index contributed by atoms with van der Waals surface area (Å²) in [4.78, 5) is 0.522. The van der Waals surface area contributed by atoms with Gasteiger partial charge < -0.3 is 0 Å². The second-order valence-corrected chi connectivity index (χ2v) is 9.20. The van der Waals surface area contributed by atoms with E-state index in [9.17, 15) is 12.8 Å². The smallest absolute Gasteiger partial charge is 0.264 e. The van der Waals surface area contributed by atoms with E-state index >= 15 is 0 Å². The molecule has 0 spiro atoms. The van der Waals surface area contributed by atoms with Gasteiger partial charge in [0.1, 0.15) is 10.7 Å². The van der Waals surface area contributed by atoms with Crippen LogP contribution in [0.2, 0.25) is 0 Å². The molecule has 0 aliphatic rings. The van der Waals surface area contributed by atoms with E-state index in [-0.39, 0.29) is 0 Å². The average molecular weight is 452 g/mol. The van der Waals surface area contributed by atoms with Gasteiger partial charge in [0.15, 0.2) is 11.5 Å². The van der Waals surface area contributed by atoms with Gasteiger partial charge in [0, 0.05) is 11.3 Å². The van der Waals surface area contributed by atoms with Crippen molar-refractivity contribution in [2.24, 2.45) is 0 Å². The van der Waals surface area contributed by atoms with Crippen LogP contribution in [-0.2, 0) is 10.0 Å². The van der Waals surface area contributed by atoms with Gasteiger partial charge >= 0.3 is 0 Å². The molecule has 0 aliphatic heterocycles. The number of nitrogens with zero attached hydrogens (tertiary/aromatic N) is 4. The molecule has 0 saturated carbocycles. The van der Waals surface area contributed by atoms with Crippen LogP contribution in [0.25, 0.3) is 27.6 Å². The number of anilines is 1. The van der Waals surface area contributed by atoms with Crippen LogP contribution in [0.3, 0.4) is 0 Å². The van der Waals surface area contributed by atoms with E-state index in [4.69, 9.17) is 0 Å². The summed E-state index contributed by atoms with van der Waals surface area (Å²) in [6.07, 6.45) is 0. The molecule has 0 saturated heterocycles. The van der Waals surface area contributed by atoms with E-state index in [1.807, 2.05) is 23.6 Å². The molecule has 2 aromatic carbocycles. The first-order valence-electron chi connectivity index (χ1n) is 9.15. The lowest BCUT2D eigenvalue weighted by Gasteiger charge is -2.10. The van der Waals surface area contributed by atoms with Crippen molar-refractivity contribution in [2.45, 2.75) is 4.90 Å². The fourth-order valence-corrected chi connectivity index (χ4v) is 4.94. The van der Waals surface area contributed by atoms with E-state index in [0.29, 0.717) is 28.4 Å². The first kappa shape index (κ1) is 19.3. The van der Waals surface area contributed by atoms with Gasteiger partial charge in [0.25, 0.3) is 10.0 Å². The second-order valence-electron chi connectivity index (χ2n) is 6.61. The van der Waals surface area contributed by atoms with Crippen molar-refractivity contribution >= 4 is 32.7 Å². The van der Waals surface area contributed by atoms with E-state index in [1.165, 1.54) is 29.5 Å². The number of halogens is 1. The number of thiophene rings is 1. The van der Waals surface area contributed by atoms with Crippen LogP contribution in [0.15, 0.2) is 83.1 Å². The highest BCUT2D eigenvalue weighted by Gasteiger charge is 2.19. The Kier molecular flexibility index (Phi) is 4.72. The molecule has 0 amide bonds. The Bertz CT molecular complexity index is 1500. The van der Waals surface area contributed by atoms with Crippen LogP contribution in [0.5, 0.6) is 0 Å². The normalized spacial score (nSPS) is 11.6. The molecule has 0 bridgehead atoms. The maximum absolute atomic E-state index is 14.0. The molecule has 0 aliphatic carbocycles. The summed E-state index contributed by atoms with van der Waals surface area (Å²) in [7, 11) is -4.07. The number of sulfonamides is 1. The lowest BCUT2D eigenvalue weighted by molar-refractivity contribution is 0.570. The molecule has 31 heavy (non-hydrogen) atoms. The van der Waals surface area contributed by atoms with Gasteiger partial charge in [-0.1, -0.05) is 30.3 Å². The lowest BCUT2D eigenvalue weighted by atomic mass is 10.1. The molecule has 154 valence electrons. The van der Waals surface area contributed by atoms with Gasteiger partial charge in [0.2, 0.25) is 0 Å². The minimum absolute atomic E-state index is 0.296. The van der Waals surface area contributed by atoms with Crippen molar-refractivity contribution in [1.29, 1.82) is 0 Å².